The molecule has 0 bridgehead atoms. The smallest absolute Gasteiger partial charge is 0.205 e. The number of hydrogen-bond acceptors (Lipinski definition) is 4. The predicted octanol–water partition coefficient (Wildman–Crippen LogP) is 4.00. The van der Waals surface area contributed by atoms with Gasteiger partial charge in [0.1, 0.15) is 0 Å². The Morgan fingerprint density at radius 3 is 2.96 bits per heavy atom. The third kappa shape index (κ3) is 3.08. The van der Waals surface area contributed by atoms with Gasteiger partial charge in [-0.15, -0.1) is 10.2 Å². The van der Waals surface area contributed by atoms with Gasteiger partial charge in [-0.05, 0) is 53.4 Å². The van der Waals surface area contributed by atoms with Crippen molar-refractivity contribution in [3.05, 3.63) is 64.8 Å². The van der Waals surface area contributed by atoms with Crippen LogP contribution in [0.15, 0.2) is 48.7 Å². The first kappa shape index (κ1) is 17.4. The SMILES string of the molecule is Cn1cc(C2CCN(Cc3ccc(Cl)cc3-c3nn[nH]n3)C2)c2ccccc21. The molecule has 0 amide bonds. The number of nitrogens with one attached hydrogen (secondary N) is 1. The van der Waals surface area contributed by atoms with Crippen LogP contribution in [0, 0.1) is 0 Å². The molecule has 2 aromatic heterocycles. The van der Waals surface area contributed by atoms with Gasteiger partial charge in [0.2, 0.25) is 5.82 Å². The molecule has 0 radical (unpaired) electrons. The number of likely N-dealkylation sites (tertiary alicyclic amines) is 1. The standard InChI is InChI=1S/C21H21ClN6/c1-27-13-19(17-4-2-3-5-20(17)27)15-8-9-28(12-15)11-14-6-7-16(22)10-18(14)21-23-25-26-24-21/h2-7,10,13,15H,8-9,11-12H2,1H3,(H,23,24,25,26). The fraction of sp³-hybridized carbons (Fsp3) is 0.286. The minimum Gasteiger partial charge on any atom is -0.350 e. The van der Waals surface area contributed by atoms with Gasteiger partial charge in [0.25, 0.3) is 0 Å². The van der Waals surface area contributed by atoms with E-state index in [1.165, 1.54) is 28.5 Å². The van der Waals surface area contributed by atoms with E-state index in [-0.39, 0.29) is 0 Å². The predicted molar refractivity (Wildman–Crippen MR) is 110 cm³/mol. The molecule has 0 saturated carbocycles. The number of aromatic amines is 1. The maximum atomic E-state index is 6.21. The number of aromatic nitrogens is 5. The van der Waals surface area contributed by atoms with E-state index in [4.69, 9.17) is 11.6 Å². The summed E-state index contributed by atoms with van der Waals surface area (Å²) in [5, 5.41) is 16.5. The molecular formula is C21H21ClN6. The van der Waals surface area contributed by atoms with Crippen LogP contribution < -0.4 is 0 Å². The van der Waals surface area contributed by atoms with Gasteiger partial charge in [-0.3, -0.25) is 4.90 Å². The Morgan fingerprint density at radius 2 is 2.11 bits per heavy atom. The van der Waals surface area contributed by atoms with Gasteiger partial charge in [0, 0.05) is 47.8 Å². The van der Waals surface area contributed by atoms with Crippen molar-refractivity contribution in [1.29, 1.82) is 0 Å². The summed E-state index contributed by atoms with van der Waals surface area (Å²) < 4.78 is 2.24. The number of aryl methyl sites for hydroxylation is 1. The zero-order valence-corrected chi connectivity index (χ0v) is 16.4. The lowest BCUT2D eigenvalue weighted by Gasteiger charge is -2.18. The highest BCUT2D eigenvalue weighted by atomic mass is 35.5. The van der Waals surface area contributed by atoms with Gasteiger partial charge < -0.3 is 4.57 Å². The quantitative estimate of drug-likeness (QED) is 0.570. The zero-order chi connectivity index (χ0) is 19.1. The molecular weight excluding hydrogens is 372 g/mol. The van der Waals surface area contributed by atoms with Gasteiger partial charge in [-0.25, -0.2) is 0 Å². The molecule has 3 heterocycles. The second-order valence-corrected chi connectivity index (χ2v) is 7.91. The van der Waals surface area contributed by atoms with E-state index in [2.05, 4.69) is 73.7 Å². The summed E-state index contributed by atoms with van der Waals surface area (Å²) in [6.07, 6.45) is 3.46. The summed E-state index contributed by atoms with van der Waals surface area (Å²) >= 11 is 6.21. The number of nitrogens with zero attached hydrogens (tertiary/aromatic N) is 5. The van der Waals surface area contributed by atoms with E-state index >= 15 is 0 Å². The number of para-hydroxylation sites is 1. The Labute approximate surface area is 168 Å². The normalized spacial score (nSPS) is 17.6. The van der Waals surface area contributed by atoms with Gasteiger partial charge in [-0.1, -0.05) is 35.9 Å². The topological polar surface area (TPSA) is 62.6 Å². The molecule has 1 fully saturated rings. The lowest BCUT2D eigenvalue weighted by molar-refractivity contribution is 0.327. The zero-order valence-electron chi connectivity index (χ0n) is 15.6. The molecule has 5 rings (SSSR count). The van der Waals surface area contributed by atoms with Crippen molar-refractivity contribution in [3.8, 4) is 11.4 Å². The van der Waals surface area contributed by atoms with Gasteiger partial charge in [0.05, 0.1) is 0 Å². The molecule has 2 aromatic carbocycles. The Kier molecular flexibility index (Phi) is 4.37. The molecule has 142 valence electrons. The number of tetrazole rings is 1. The third-order valence-corrected chi connectivity index (χ3v) is 5.93. The maximum absolute atomic E-state index is 6.21. The van der Waals surface area contributed by atoms with Crippen LogP contribution in [-0.2, 0) is 13.6 Å². The van der Waals surface area contributed by atoms with Crippen molar-refractivity contribution in [2.45, 2.75) is 18.9 Å². The average Bonchev–Trinajstić information content (AvgIpc) is 3.44. The molecule has 0 aliphatic carbocycles. The van der Waals surface area contributed by atoms with E-state index in [0.29, 0.717) is 16.8 Å². The number of halogens is 1. The molecule has 1 N–H and O–H groups in total. The summed E-state index contributed by atoms with van der Waals surface area (Å²) in [6, 6.07) is 14.6. The van der Waals surface area contributed by atoms with Gasteiger partial charge >= 0.3 is 0 Å². The molecule has 1 aliphatic rings. The average molecular weight is 393 g/mol. The number of benzene rings is 2. The molecule has 28 heavy (non-hydrogen) atoms. The molecule has 1 saturated heterocycles. The van der Waals surface area contributed by atoms with Crippen LogP contribution in [0.25, 0.3) is 22.3 Å². The van der Waals surface area contributed by atoms with Crippen LogP contribution in [-0.4, -0.2) is 43.2 Å². The lowest BCUT2D eigenvalue weighted by Crippen LogP contribution is -2.20. The summed E-state index contributed by atoms with van der Waals surface area (Å²) in [7, 11) is 2.13. The third-order valence-electron chi connectivity index (χ3n) is 5.69. The highest BCUT2D eigenvalue weighted by molar-refractivity contribution is 6.30. The van der Waals surface area contributed by atoms with Crippen molar-refractivity contribution in [1.82, 2.24) is 30.1 Å². The van der Waals surface area contributed by atoms with Crippen LogP contribution >= 0.6 is 11.6 Å². The van der Waals surface area contributed by atoms with E-state index in [0.717, 1.165) is 25.2 Å². The van der Waals surface area contributed by atoms with E-state index < -0.39 is 0 Å². The fourth-order valence-electron chi connectivity index (χ4n) is 4.34. The van der Waals surface area contributed by atoms with Gasteiger partial charge in [-0.2, -0.15) is 5.21 Å². The number of hydrogen-bond donors (Lipinski definition) is 1. The van der Waals surface area contributed by atoms with Crippen molar-refractivity contribution < 1.29 is 0 Å². The second kappa shape index (κ2) is 7.04. The molecule has 1 unspecified atom stereocenters. The van der Waals surface area contributed by atoms with Crippen LogP contribution in [0.5, 0.6) is 0 Å². The van der Waals surface area contributed by atoms with Crippen molar-refractivity contribution >= 4 is 22.5 Å². The Bertz CT molecular complexity index is 1120. The maximum Gasteiger partial charge on any atom is 0.205 e. The fourth-order valence-corrected chi connectivity index (χ4v) is 4.51. The number of fused-ring (bicyclic) bond motifs is 1. The first-order chi connectivity index (χ1) is 13.7. The molecule has 7 heteroatoms. The molecule has 0 spiro atoms. The van der Waals surface area contributed by atoms with Crippen molar-refractivity contribution in [2.24, 2.45) is 7.05 Å². The minimum atomic E-state index is 0.548. The minimum absolute atomic E-state index is 0.548. The molecule has 6 nitrogen and oxygen atoms in total. The van der Waals surface area contributed by atoms with Crippen molar-refractivity contribution in [3.63, 3.8) is 0 Å². The van der Waals surface area contributed by atoms with E-state index in [1.807, 2.05) is 12.1 Å². The van der Waals surface area contributed by atoms with E-state index in [1.54, 1.807) is 0 Å². The van der Waals surface area contributed by atoms with Crippen LogP contribution in [0.4, 0.5) is 0 Å². The molecule has 4 aromatic rings. The highest BCUT2D eigenvalue weighted by Crippen LogP contribution is 2.35. The lowest BCUT2D eigenvalue weighted by atomic mass is 9.98. The van der Waals surface area contributed by atoms with Gasteiger partial charge in [0.15, 0.2) is 0 Å². The van der Waals surface area contributed by atoms with Crippen LogP contribution in [0.2, 0.25) is 5.02 Å². The summed E-state index contributed by atoms with van der Waals surface area (Å²) in [5.41, 5.74) is 4.86. The largest absolute Gasteiger partial charge is 0.350 e. The van der Waals surface area contributed by atoms with Crippen LogP contribution in [0.3, 0.4) is 0 Å². The monoisotopic (exact) mass is 392 g/mol. The van der Waals surface area contributed by atoms with Crippen LogP contribution in [0.1, 0.15) is 23.5 Å². The summed E-state index contributed by atoms with van der Waals surface area (Å²) in [5.74, 6) is 1.13. The van der Waals surface area contributed by atoms with Crippen molar-refractivity contribution in [2.75, 3.05) is 13.1 Å². The Hall–Kier alpha value is -2.70. The molecule has 1 atom stereocenters. The first-order valence-electron chi connectivity index (χ1n) is 9.47. The number of rotatable bonds is 4. The van der Waals surface area contributed by atoms with E-state index in [9.17, 15) is 0 Å². The Balaban J connectivity index is 1.39. The summed E-state index contributed by atoms with van der Waals surface area (Å²) in [4.78, 5) is 2.50. The highest BCUT2D eigenvalue weighted by Gasteiger charge is 2.27. The molecule has 1 aliphatic heterocycles. The Morgan fingerprint density at radius 1 is 1.21 bits per heavy atom. The first-order valence-corrected chi connectivity index (χ1v) is 9.85. The summed E-state index contributed by atoms with van der Waals surface area (Å²) in [6.45, 7) is 2.97. The second-order valence-electron chi connectivity index (χ2n) is 7.47. The number of H-pyrrole nitrogens is 1.